The van der Waals surface area contributed by atoms with Crippen LogP contribution in [0.15, 0.2) is 291 Å². The summed E-state index contributed by atoms with van der Waals surface area (Å²) in [5.74, 6) is 0. The number of fused-ring (bicyclic) bond motifs is 6. The number of benzene rings is 11. The zero-order valence-electron chi connectivity index (χ0n) is 38.6. The van der Waals surface area contributed by atoms with Crippen molar-refractivity contribution in [1.29, 1.82) is 0 Å². The minimum absolute atomic E-state index is 1.13. The second-order valence-electron chi connectivity index (χ2n) is 18.3. The van der Waals surface area contributed by atoms with Gasteiger partial charge in [0.05, 0.1) is 22.1 Å². The first kappa shape index (κ1) is 41.6. The lowest BCUT2D eigenvalue weighted by molar-refractivity contribution is 1.17. The topological polar surface area (TPSA) is 9.86 Å². The minimum Gasteiger partial charge on any atom is -0.309 e. The minimum atomic E-state index is -3.00. The molecule has 70 heavy (non-hydrogen) atoms. The summed E-state index contributed by atoms with van der Waals surface area (Å²) in [5, 5.41) is 15.9. The molecule has 2 heterocycles. The summed E-state index contributed by atoms with van der Waals surface area (Å²) in [6.45, 7) is 0. The van der Waals surface area contributed by atoms with Gasteiger partial charge in [-0.1, -0.05) is 243 Å². The summed E-state index contributed by atoms with van der Waals surface area (Å²) in [5.41, 5.74) is 7.05. The van der Waals surface area contributed by atoms with E-state index in [1.54, 1.807) is 0 Å². The number of hydrogen-bond acceptors (Lipinski definition) is 0. The van der Waals surface area contributed by atoms with Crippen molar-refractivity contribution in [2.75, 3.05) is 0 Å². The van der Waals surface area contributed by atoms with Crippen molar-refractivity contribution >= 4 is 101 Å². The van der Waals surface area contributed by atoms with Crippen molar-refractivity contribution in [3.63, 3.8) is 0 Å². The van der Waals surface area contributed by atoms with Gasteiger partial charge in [0.25, 0.3) is 0 Å². The maximum atomic E-state index is 2.53. The Morgan fingerprint density at radius 1 is 0.214 bits per heavy atom. The first-order valence-electron chi connectivity index (χ1n) is 24.3. The van der Waals surface area contributed by atoms with E-state index in [-0.39, 0.29) is 0 Å². The van der Waals surface area contributed by atoms with E-state index in [9.17, 15) is 0 Å². The van der Waals surface area contributed by atoms with Crippen molar-refractivity contribution in [1.82, 2.24) is 9.13 Å². The molecule has 2 aromatic heterocycles. The quantitative estimate of drug-likeness (QED) is 0.0956. The van der Waals surface area contributed by atoms with Gasteiger partial charge in [0, 0.05) is 32.9 Å². The molecule has 0 spiro atoms. The predicted octanol–water partition coefficient (Wildman–Crippen LogP) is 10.6. The molecule has 13 aromatic rings. The largest absolute Gasteiger partial charge is 0.309 e. The molecule has 330 valence electrons. The van der Waals surface area contributed by atoms with Gasteiger partial charge < -0.3 is 9.13 Å². The monoisotopic (exact) mass is 924 g/mol. The van der Waals surface area contributed by atoms with Crippen LogP contribution in [0.4, 0.5) is 0 Å². The van der Waals surface area contributed by atoms with E-state index < -0.39 is 16.1 Å². The van der Waals surface area contributed by atoms with Crippen molar-refractivity contribution in [2.45, 2.75) is 0 Å². The molecular weight excluding hydrogens is 877 g/mol. The number of nitrogens with zero attached hydrogens (tertiary/aromatic N) is 2. The molecule has 0 N–H and O–H groups in total. The van der Waals surface area contributed by atoms with Crippen LogP contribution in [-0.4, -0.2) is 25.3 Å². The van der Waals surface area contributed by atoms with E-state index in [1.165, 1.54) is 85.1 Å². The highest BCUT2D eigenvalue weighted by Gasteiger charge is 2.44. The molecule has 0 amide bonds. The number of aromatic nitrogens is 2. The molecule has 0 saturated carbocycles. The maximum absolute atomic E-state index is 3.00. The van der Waals surface area contributed by atoms with E-state index >= 15 is 0 Å². The van der Waals surface area contributed by atoms with Gasteiger partial charge in [0.2, 0.25) is 0 Å². The lowest BCUT2D eigenvalue weighted by Gasteiger charge is -2.35. The van der Waals surface area contributed by atoms with Gasteiger partial charge in [0.1, 0.15) is 0 Å². The standard InChI is InChI=1S/C66H48N2Si2/c1-7-24-51(25-8-1)69(52-26-9-2-10-27-52,53-28-11-3-12-29-53)57-45-42-49(43-46-57)67-63-47-44-50(68-61-38-21-19-36-58(61)59-37-20-22-39-62(59)68)48-60(63)66-64(67)40-23-41-65(66)70(54-30-13-4-14-31-54,55-32-15-5-16-33-55)56-34-17-6-18-35-56/h1-48H. The molecule has 0 bridgehead atoms. The van der Waals surface area contributed by atoms with E-state index in [2.05, 4.69) is 300 Å². The molecule has 0 aliphatic rings. The third kappa shape index (κ3) is 6.38. The average Bonchev–Trinajstić information content (AvgIpc) is 3.96. The lowest BCUT2D eigenvalue weighted by Crippen LogP contribution is -2.74. The Balaban J connectivity index is 1.13. The summed E-state index contributed by atoms with van der Waals surface area (Å²) in [7, 11) is -5.75. The van der Waals surface area contributed by atoms with E-state index in [0.29, 0.717) is 0 Å². The Bertz CT molecular complexity index is 3720. The van der Waals surface area contributed by atoms with Gasteiger partial charge in [-0.15, -0.1) is 0 Å². The summed E-state index contributed by atoms with van der Waals surface area (Å²) < 4.78 is 4.99. The Labute approximate surface area is 410 Å². The average molecular weight is 925 g/mol. The number of para-hydroxylation sites is 2. The van der Waals surface area contributed by atoms with Crippen LogP contribution in [0.2, 0.25) is 0 Å². The highest BCUT2D eigenvalue weighted by Crippen LogP contribution is 2.37. The fourth-order valence-electron chi connectivity index (χ4n) is 11.9. The Hall–Kier alpha value is -8.55. The second kappa shape index (κ2) is 17.2. The van der Waals surface area contributed by atoms with Crippen molar-refractivity contribution in [2.24, 2.45) is 0 Å². The summed E-state index contributed by atoms with van der Waals surface area (Å²) in [4.78, 5) is 0. The summed E-state index contributed by atoms with van der Waals surface area (Å²) >= 11 is 0. The van der Waals surface area contributed by atoms with E-state index in [4.69, 9.17) is 0 Å². The van der Waals surface area contributed by atoms with E-state index in [1.807, 2.05) is 0 Å². The third-order valence-corrected chi connectivity index (χ3v) is 24.4. The smallest absolute Gasteiger partial charge is 0.180 e. The Kier molecular flexibility index (Phi) is 10.2. The molecule has 11 aromatic carbocycles. The van der Waals surface area contributed by atoms with Gasteiger partial charge in [-0.3, -0.25) is 0 Å². The van der Waals surface area contributed by atoms with Crippen LogP contribution in [0, 0.1) is 0 Å². The molecule has 0 aliphatic carbocycles. The van der Waals surface area contributed by atoms with Crippen LogP contribution in [0.25, 0.3) is 55.0 Å². The van der Waals surface area contributed by atoms with Crippen LogP contribution in [0.3, 0.4) is 0 Å². The fraction of sp³-hybridized carbons (Fsp3) is 0. The number of hydrogen-bond donors (Lipinski definition) is 0. The first-order valence-corrected chi connectivity index (χ1v) is 28.3. The Morgan fingerprint density at radius 2 is 0.543 bits per heavy atom. The first-order chi connectivity index (χ1) is 34.8. The van der Waals surface area contributed by atoms with Crippen molar-refractivity contribution in [3.8, 4) is 11.4 Å². The zero-order chi connectivity index (χ0) is 46.5. The SMILES string of the molecule is c1ccc([Si](c2ccccc2)(c2ccccc2)c2ccc(-n3c4ccc(-n5c6ccccc6c6ccccc65)cc4c4c([Si](c5ccccc5)(c5ccccc5)c5ccccc5)cccc43)cc2)cc1. The molecule has 0 fully saturated rings. The van der Waals surface area contributed by atoms with Crippen LogP contribution < -0.4 is 41.5 Å². The van der Waals surface area contributed by atoms with Crippen molar-refractivity contribution < 1.29 is 0 Å². The van der Waals surface area contributed by atoms with Gasteiger partial charge in [0.15, 0.2) is 16.1 Å². The normalized spacial score (nSPS) is 12.0. The predicted molar refractivity (Wildman–Crippen MR) is 302 cm³/mol. The third-order valence-electron chi connectivity index (χ3n) is 14.8. The highest BCUT2D eigenvalue weighted by molar-refractivity contribution is 7.21. The maximum Gasteiger partial charge on any atom is 0.180 e. The van der Waals surface area contributed by atoms with Gasteiger partial charge in [-0.05, 0) is 90.0 Å². The van der Waals surface area contributed by atoms with E-state index in [0.717, 1.165) is 11.4 Å². The zero-order valence-corrected chi connectivity index (χ0v) is 40.6. The molecule has 0 unspecified atom stereocenters. The molecular formula is C66H48N2Si2. The van der Waals surface area contributed by atoms with Gasteiger partial charge in [-0.25, -0.2) is 0 Å². The van der Waals surface area contributed by atoms with Crippen molar-refractivity contribution in [3.05, 3.63) is 291 Å². The highest BCUT2D eigenvalue weighted by atomic mass is 28.3. The summed E-state index contributed by atoms with van der Waals surface area (Å²) in [6.07, 6.45) is 0. The van der Waals surface area contributed by atoms with Crippen LogP contribution in [-0.2, 0) is 0 Å². The van der Waals surface area contributed by atoms with Gasteiger partial charge >= 0.3 is 0 Å². The Morgan fingerprint density at radius 3 is 0.986 bits per heavy atom. The molecule has 13 rings (SSSR count). The number of rotatable bonds is 10. The molecule has 0 aliphatic heterocycles. The molecule has 4 heteroatoms. The fourth-order valence-corrected chi connectivity index (χ4v) is 21.7. The van der Waals surface area contributed by atoms with Crippen LogP contribution >= 0.6 is 0 Å². The molecule has 0 saturated heterocycles. The van der Waals surface area contributed by atoms with Gasteiger partial charge in [-0.2, -0.15) is 0 Å². The molecule has 0 atom stereocenters. The van der Waals surface area contributed by atoms with Crippen LogP contribution in [0.5, 0.6) is 0 Å². The lowest BCUT2D eigenvalue weighted by atomic mass is 10.1. The summed E-state index contributed by atoms with van der Waals surface area (Å²) in [6, 6.07) is 109. The molecule has 0 radical (unpaired) electrons. The van der Waals surface area contributed by atoms with Crippen LogP contribution in [0.1, 0.15) is 0 Å². The second-order valence-corrected chi connectivity index (χ2v) is 25.9. The molecule has 2 nitrogen and oxygen atoms in total.